The number of pyridine rings is 1. The van der Waals surface area contributed by atoms with Gasteiger partial charge in [-0.25, -0.2) is 0 Å². The molecule has 3 aromatic heterocycles. The quantitative estimate of drug-likeness (QED) is 0.471. The number of rotatable bonds is 6. The summed E-state index contributed by atoms with van der Waals surface area (Å²) in [4.78, 5) is 29.9. The van der Waals surface area contributed by atoms with Crippen molar-refractivity contribution in [3.8, 4) is 0 Å². The van der Waals surface area contributed by atoms with Crippen LogP contribution < -0.4 is 10.6 Å². The lowest BCUT2D eigenvalue weighted by atomic mass is 9.99. The highest BCUT2D eigenvalue weighted by atomic mass is 32.1. The predicted molar refractivity (Wildman–Crippen MR) is 116 cm³/mol. The maximum absolute atomic E-state index is 13.1. The minimum absolute atomic E-state index is 0.207. The molecule has 150 valence electrons. The Hall–Kier alpha value is -3.71. The van der Waals surface area contributed by atoms with Gasteiger partial charge in [-0.15, -0.1) is 11.3 Å². The molecule has 6 nitrogen and oxygen atoms in total. The van der Waals surface area contributed by atoms with Crippen molar-refractivity contribution in [3.05, 3.63) is 107 Å². The van der Waals surface area contributed by atoms with Gasteiger partial charge >= 0.3 is 0 Å². The number of amides is 2. The average Bonchev–Trinajstić information content (AvgIpc) is 3.43. The lowest BCUT2D eigenvalue weighted by molar-refractivity contribution is 0.0945. The molecule has 0 aliphatic carbocycles. The van der Waals surface area contributed by atoms with Gasteiger partial charge in [-0.1, -0.05) is 30.3 Å². The molecule has 0 aliphatic rings. The molecular weight excluding hydrogens is 398 g/mol. The van der Waals surface area contributed by atoms with Crippen LogP contribution in [0.25, 0.3) is 0 Å². The number of anilines is 1. The van der Waals surface area contributed by atoms with Crippen molar-refractivity contribution in [2.24, 2.45) is 0 Å². The molecular formula is C23H19N3O3S. The van der Waals surface area contributed by atoms with Crippen molar-refractivity contribution in [2.45, 2.75) is 13.0 Å². The second-order valence-electron chi connectivity index (χ2n) is 6.65. The van der Waals surface area contributed by atoms with Crippen molar-refractivity contribution in [1.82, 2.24) is 10.3 Å². The van der Waals surface area contributed by atoms with E-state index in [1.165, 1.54) is 17.6 Å². The summed E-state index contributed by atoms with van der Waals surface area (Å²) in [7, 11) is 0. The second kappa shape index (κ2) is 8.75. The number of thiophene rings is 1. The van der Waals surface area contributed by atoms with Crippen LogP contribution >= 0.6 is 11.3 Å². The molecule has 0 aliphatic heterocycles. The highest BCUT2D eigenvalue weighted by Gasteiger charge is 2.21. The summed E-state index contributed by atoms with van der Waals surface area (Å²) in [6, 6.07) is 18.2. The van der Waals surface area contributed by atoms with E-state index in [4.69, 9.17) is 4.42 Å². The first-order valence-corrected chi connectivity index (χ1v) is 10.1. The van der Waals surface area contributed by atoms with Crippen LogP contribution in [0.2, 0.25) is 0 Å². The van der Waals surface area contributed by atoms with Crippen LogP contribution in [-0.2, 0) is 0 Å². The van der Waals surface area contributed by atoms with Gasteiger partial charge in [0, 0.05) is 12.4 Å². The van der Waals surface area contributed by atoms with Crippen LogP contribution in [0.5, 0.6) is 0 Å². The molecule has 2 amide bonds. The number of hydrogen-bond acceptors (Lipinski definition) is 5. The monoisotopic (exact) mass is 417 g/mol. The standard InChI is InChI=1S/C23H19N3O3S/c1-15-14-19(25-22(27)18-8-5-13-29-18)30-21(15)23(28)26-20(16-6-3-2-4-7-16)17-9-11-24-12-10-17/h2-14,20H,1H3,(H,25,27)(H,26,28). The third kappa shape index (κ3) is 4.31. The van der Waals surface area contributed by atoms with Crippen molar-refractivity contribution in [2.75, 3.05) is 5.32 Å². The molecule has 4 rings (SSSR count). The van der Waals surface area contributed by atoms with Crippen LogP contribution in [0.3, 0.4) is 0 Å². The minimum Gasteiger partial charge on any atom is -0.459 e. The van der Waals surface area contributed by atoms with Crippen LogP contribution in [0.15, 0.2) is 83.7 Å². The first kappa shape index (κ1) is 19.6. The number of furan rings is 1. The highest BCUT2D eigenvalue weighted by molar-refractivity contribution is 7.18. The molecule has 1 aromatic carbocycles. The molecule has 30 heavy (non-hydrogen) atoms. The van der Waals surface area contributed by atoms with Crippen LogP contribution in [-0.4, -0.2) is 16.8 Å². The number of carbonyl (C=O) groups is 2. The van der Waals surface area contributed by atoms with Gasteiger partial charge in [-0.05, 0) is 53.9 Å². The molecule has 3 heterocycles. The van der Waals surface area contributed by atoms with Gasteiger partial charge in [0.25, 0.3) is 11.8 Å². The van der Waals surface area contributed by atoms with E-state index in [9.17, 15) is 9.59 Å². The third-order valence-corrected chi connectivity index (χ3v) is 5.70. The predicted octanol–water partition coefficient (Wildman–Crippen LogP) is 4.82. The normalized spacial score (nSPS) is 11.6. The lowest BCUT2D eigenvalue weighted by Gasteiger charge is -2.19. The molecule has 0 fully saturated rings. The molecule has 0 saturated carbocycles. The third-order valence-electron chi connectivity index (χ3n) is 4.55. The van der Waals surface area contributed by atoms with Crippen LogP contribution in [0.1, 0.15) is 43.0 Å². The molecule has 2 N–H and O–H groups in total. The van der Waals surface area contributed by atoms with E-state index in [2.05, 4.69) is 15.6 Å². The molecule has 0 radical (unpaired) electrons. The van der Waals surface area contributed by atoms with Gasteiger partial charge in [0.05, 0.1) is 22.2 Å². The average molecular weight is 417 g/mol. The van der Waals surface area contributed by atoms with E-state index in [1.807, 2.05) is 49.4 Å². The number of benzene rings is 1. The Morgan fingerprint density at radius 2 is 1.70 bits per heavy atom. The largest absolute Gasteiger partial charge is 0.459 e. The molecule has 1 atom stereocenters. The number of hydrogen-bond donors (Lipinski definition) is 2. The highest BCUT2D eigenvalue weighted by Crippen LogP contribution is 2.29. The molecule has 0 bridgehead atoms. The zero-order chi connectivity index (χ0) is 20.9. The van der Waals surface area contributed by atoms with E-state index < -0.39 is 0 Å². The zero-order valence-corrected chi connectivity index (χ0v) is 17.0. The fourth-order valence-electron chi connectivity index (χ4n) is 3.11. The number of nitrogens with zero attached hydrogens (tertiary/aromatic N) is 1. The fourth-order valence-corrected chi connectivity index (χ4v) is 4.08. The summed E-state index contributed by atoms with van der Waals surface area (Å²) in [6.45, 7) is 1.85. The van der Waals surface area contributed by atoms with Gasteiger partial charge in [0.15, 0.2) is 5.76 Å². The van der Waals surface area contributed by atoms with Crippen molar-refractivity contribution in [1.29, 1.82) is 0 Å². The molecule has 7 heteroatoms. The van der Waals surface area contributed by atoms with Crippen molar-refractivity contribution >= 4 is 28.2 Å². The Morgan fingerprint density at radius 3 is 2.40 bits per heavy atom. The summed E-state index contributed by atoms with van der Waals surface area (Å²) >= 11 is 1.23. The molecule has 4 aromatic rings. The Bertz CT molecular complexity index is 1100. The Balaban J connectivity index is 1.56. The molecule has 1 unspecified atom stereocenters. The summed E-state index contributed by atoms with van der Waals surface area (Å²) in [6.07, 6.45) is 4.85. The fraction of sp³-hybridized carbons (Fsp3) is 0.0870. The maximum atomic E-state index is 13.1. The Labute approximate surface area is 177 Å². The lowest BCUT2D eigenvalue weighted by Crippen LogP contribution is -2.29. The first-order valence-electron chi connectivity index (χ1n) is 9.33. The summed E-state index contributed by atoms with van der Waals surface area (Å²) < 4.78 is 5.11. The summed E-state index contributed by atoms with van der Waals surface area (Å²) in [5.74, 6) is -0.345. The number of aromatic nitrogens is 1. The van der Waals surface area contributed by atoms with Gasteiger partial charge in [-0.2, -0.15) is 0 Å². The smallest absolute Gasteiger partial charge is 0.291 e. The van der Waals surface area contributed by atoms with E-state index in [0.717, 1.165) is 16.7 Å². The Morgan fingerprint density at radius 1 is 0.967 bits per heavy atom. The van der Waals surface area contributed by atoms with E-state index in [0.29, 0.717) is 9.88 Å². The summed E-state index contributed by atoms with van der Waals surface area (Å²) in [5, 5.41) is 6.47. The minimum atomic E-state index is -0.354. The number of aryl methyl sites for hydroxylation is 1. The van der Waals surface area contributed by atoms with Crippen LogP contribution in [0, 0.1) is 6.92 Å². The van der Waals surface area contributed by atoms with Gasteiger partial charge in [0.2, 0.25) is 0 Å². The first-order chi connectivity index (χ1) is 14.6. The van der Waals surface area contributed by atoms with Crippen molar-refractivity contribution < 1.29 is 14.0 Å². The number of carbonyl (C=O) groups excluding carboxylic acids is 2. The topological polar surface area (TPSA) is 84.2 Å². The SMILES string of the molecule is Cc1cc(NC(=O)c2ccco2)sc1C(=O)NC(c1ccccc1)c1ccncc1. The van der Waals surface area contributed by atoms with Gasteiger partial charge in [0.1, 0.15) is 0 Å². The maximum Gasteiger partial charge on any atom is 0.291 e. The Kier molecular flexibility index (Phi) is 5.72. The van der Waals surface area contributed by atoms with Crippen LogP contribution in [0.4, 0.5) is 5.00 Å². The van der Waals surface area contributed by atoms with Gasteiger partial charge in [-0.3, -0.25) is 14.6 Å². The van der Waals surface area contributed by atoms with E-state index in [1.54, 1.807) is 30.6 Å². The van der Waals surface area contributed by atoms with Gasteiger partial charge < -0.3 is 15.1 Å². The zero-order valence-electron chi connectivity index (χ0n) is 16.2. The van der Waals surface area contributed by atoms with Crippen molar-refractivity contribution in [3.63, 3.8) is 0 Å². The summed E-state index contributed by atoms with van der Waals surface area (Å²) in [5.41, 5.74) is 2.69. The van der Waals surface area contributed by atoms with E-state index in [-0.39, 0.29) is 23.6 Å². The molecule has 0 spiro atoms. The number of nitrogens with one attached hydrogen (secondary N) is 2. The van der Waals surface area contributed by atoms with E-state index >= 15 is 0 Å². The second-order valence-corrected chi connectivity index (χ2v) is 7.70. The molecule has 0 saturated heterocycles.